The Balaban J connectivity index is 0.0000109. The van der Waals surface area contributed by atoms with Crippen LogP contribution < -0.4 is 0 Å². The first-order chi connectivity index (χ1) is 16.4. The molecule has 0 saturated heterocycles. The number of hydrogen-bond acceptors (Lipinski definition) is 3. The number of ether oxygens (including phenoxy) is 2. The Morgan fingerprint density at radius 1 is 0.676 bits per heavy atom. The number of hydrogen-bond donors (Lipinski definition) is 0. The van der Waals surface area contributed by atoms with E-state index >= 15 is 0 Å². The maximum Gasteiger partial charge on any atom is 0.120 e. The van der Waals surface area contributed by atoms with Crippen molar-refractivity contribution in [1.82, 2.24) is 0 Å². The topological polar surface area (TPSA) is 35.5 Å². The Hall–Kier alpha value is -0.554. The molecule has 0 bridgehead atoms. The molecule has 0 fully saturated rings. The van der Waals surface area contributed by atoms with Gasteiger partial charge in [0.25, 0.3) is 0 Å². The summed E-state index contributed by atoms with van der Waals surface area (Å²) in [4.78, 5) is 10.9. The number of carbonyl (C=O) groups excluding carboxylic acids is 1. The summed E-state index contributed by atoms with van der Waals surface area (Å²) in [6, 6.07) is 10.2. The molecule has 0 spiro atoms. The second kappa shape index (κ2) is 27.0. The largest absolute Gasteiger partial charge is 0.381 e. The Kier molecular flexibility index (Phi) is 26.6. The molecule has 3 nitrogen and oxygen atoms in total. The van der Waals surface area contributed by atoms with Gasteiger partial charge in [-0.1, -0.05) is 134 Å². The molecule has 0 radical (unpaired) electrons. The molecule has 0 N–H and O–H groups in total. The minimum absolute atomic E-state index is 0. The van der Waals surface area contributed by atoms with Crippen LogP contribution in [0.2, 0.25) is 0 Å². The van der Waals surface area contributed by atoms with Crippen molar-refractivity contribution in [3.05, 3.63) is 35.9 Å². The first kappa shape index (κ1) is 33.4. The molecule has 0 aromatic heterocycles. The molecule has 0 heterocycles. The Labute approximate surface area is 224 Å². The van der Waals surface area contributed by atoms with Gasteiger partial charge in [0, 0.05) is 38.7 Å². The molecule has 1 aromatic carbocycles. The third-order valence-electron chi connectivity index (χ3n) is 6.39. The summed E-state index contributed by atoms with van der Waals surface area (Å²) < 4.78 is 11.6. The van der Waals surface area contributed by atoms with Gasteiger partial charge >= 0.3 is 0 Å². The average molecular weight is 651 g/mol. The van der Waals surface area contributed by atoms with Gasteiger partial charge in [0.05, 0.1) is 19.8 Å². The molecule has 0 unspecified atom stereocenters. The van der Waals surface area contributed by atoms with Crippen molar-refractivity contribution in [2.45, 2.75) is 123 Å². The zero-order valence-electron chi connectivity index (χ0n) is 22.0. The van der Waals surface area contributed by atoms with Crippen LogP contribution in [-0.2, 0) is 40.7 Å². The normalized spacial score (nSPS) is 11.8. The molecule has 4 heteroatoms. The molecular weight excluding hydrogens is 599 g/mol. The predicted octanol–water partition coefficient (Wildman–Crippen LogP) is 8.68. The van der Waals surface area contributed by atoms with E-state index in [1.807, 2.05) is 18.2 Å². The molecule has 0 aliphatic rings. The average Bonchev–Trinajstić information content (AvgIpc) is 2.84. The van der Waals surface area contributed by atoms with Gasteiger partial charge in [0.2, 0.25) is 0 Å². The summed E-state index contributed by atoms with van der Waals surface area (Å²) in [7, 11) is 0. The van der Waals surface area contributed by atoms with E-state index in [0.717, 1.165) is 24.9 Å². The van der Waals surface area contributed by atoms with Crippen molar-refractivity contribution in [2.24, 2.45) is 5.92 Å². The molecule has 1 aromatic rings. The standard InChI is InChI=1S/C30H52O3.Os/c1-2-3-4-5-6-7-8-9-10-11-12-13-14-15-16-20-25-32-27-30(23-24-31)28-33-26-29-21-18-17-19-22-29;/h17-19,21-22,24,30H,2-16,20,23,25-28H2,1H3;/t30-;/m1./s1. The number of unbranched alkanes of at least 4 members (excludes halogenated alkanes) is 15. The van der Waals surface area contributed by atoms with Crippen LogP contribution in [0.25, 0.3) is 0 Å². The van der Waals surface area contributed by atoms with E-state index in [0.29, 0.717) is 26.2 Å². The van der Waals surface area contributed by atoms with Crippen LogP contribution in [0.15, 0.2) is 30.3 Å². The Morgan fingerprint density at radius 2 is 1.15 bits per heavy atom. The number of carbonyl (C=O) groups is 1. The van der Waals surface area contributed by atoms with Crippen LogP contribution in [0.3, 0.4) is 0 Å². The van der Waals surface area contributed by atoms with Crippen LogP contribution in [-0.4, -0.2) is 26.1 Å². The summed E-state index contributed by atoms with van der Waals surface area (Å²) in [5.41, 5.74) is 1.16. The zero-order chi connectivity index (χ0) is 23.7. The molecule has 1 atom stereocenters. The smallest absolute Gasteiger partial charge is 0.120 e. The van der Waals surface area contributed by atoms with Gasteiger partial charge in [0.1, 0.15) is 6.29 Å². The van der Waals surface area contributed by atoms with Crippen LogP contribution >= 0.6 is 0 Å². The van der Waals surface area contributed by atoms with E-state index in [1.165, 1.54) is 96.3 Å². The van der Waals surface area contributed by atoms with E-state index in [1.54, 1.807) is 0 Å². The second-order valence-corrected chi connectivity index (χ2v) is 9.65. The van der Waals surface area contributed by atoms with E-state index < -0.39 is 0 Å². The summed E-state index contributed by atoms with van der Waals surface area (Å²) in [6.07, 6.45) is 23.6. The van der Waals surface area contributed by atoms with Crippen molar-refractivity contribution in [1.29, 1.82) is 0 Å². The van der Waals surface area contributed by atoms with Gasteiger partial charge in [-0.15, -0.1) is 0 Å². The molecule has 1 rings (SSSR count). The second-order valence-electron chi connectivity index (χ2n) is 9.65. The zero-order valence-corrected chi connectivity index (χ0v) is 24.5. The van der Waals surface area contributed by atoms with Gasteiger partial charge < -0.3 is 14.3 Å². The van der Waals surface area contributed by atoms with E-state index in [4.69, 9.17) is 9.47 Å². The molecule has 34 heavy (non-hydrogen) atoms. The summed E-state index contributed by atoms with van der Waals surface area (Å²) in [5, 5.41) is 0. The molecule has 0 saturated carbocycles. The minimum Gasteiger partial charge on any atom is -0.381 e. The number of benzene rings is 1. The maximum atomic E-state index is 10.9. The minimum atomic E-state index is 0. The molecule has 0 aliphatic carbocycles. The number of aldehydes is 1. The third-order valence-corrected chi connectivity index (χ3v) is 6.39. The maximum absolute atomic E-state index is 10.9. The van der Waals surface area contributed by atoms with Crippen LogP contribution in [0.4, 0.5) is 0 Å². The summed E-state index contributed by atoms with van der Waals surface area (Å²) in [5.74, 6) is 0.160. The first-order valence-corrected chi connectivity index (χ1v) is 14.0. The van der Waals surface area contributed by atoms with E-state index in [9.17, 15) is 4.79 Å². The van der Waals surface area contributed by atoms with E-state index in [-0.39, 0.29) is 25.7 Å². The molecule has 0 amide bonds. The Morgan fingerprint density at radius 3 is 1.65 bits per heavy atom. The van der Waals surface area contributed by atoms with E-state index in [2.05, 4.69) is 19.1 Å². The predicted molar refractivity (Wildman–Crippen MR) is 141 cm³/mol. The van der Waals surface area contributed by atoms with Gasteiger partial charge in [0.15, 0.2) is 0 Å². The van der Waals surface area contributed by atoms with Gasteiger partial charge in [-0.2, -0.15) is 0 Å². The molecule has 198 valence electrons. The summed E-state index contributed by atoms with van der Waals surface area (Å²) >= 11 is 0. The van der Waals surface area contributed by atoms with Crippen molar-refractivity contribution < 1.29 is 34.1 Å². The van der Waals surface area contributed by atoms with Crippen molar-refractivity contribution in [3.63, 3.8) is 0 Å². The van der Waals surface area contributed by atoms with Gasteiger partial charge in [-0.05, 0) is 12.0 Å². The molecular formula is C30H52O3Os. The van der Waals surface area contributed by atoms with Gasteiger partial charge in [-0.3, -0.25) is 0 Å². The van der Waals surface area contributed by atoms with Crippen LogP contribution in [0.1, 0.15) is 122 Å². The fraction of sp³-hybridized carbons (Fsp3) is 0.767. The fourth-order valence-electron chi connectivity index (χ4n) is 4.24. The monoisotopic (exact) mass is 652 g/mol. The number of rotatable bonds is 25. The quantitative estimate of drug-likeness (QED) is 0.0785. The molecule has 0 aliphatic heterocycles. The van der Waals surface area contributed by atoms with Gasteiger partial charge in [-0.25, -0.2) is 0 Å². The van der Waals surface area contributed by atoms with Crippen molar-refractivity contribution >= 4 is 6.29 Å². The SMILES string of the molecule is CCCCCCCCCCCCCCCCCCOC[C@@H](CC=O)COCc1ccccc1.[Os]. The van der Waals surface area contributed by atoms with Crippen LogP contribution in [0.5, 0.6) is 0 Å². The first-order valence-electron chi connectivity index (χ1n) is 14.0. The third kappa shape index (κ3) is 21.9. The van der Waals surface area contributed by atoms with Crippen molar-refractivity contribution in [2.75, 3.05) is 19.8 Å². The Bertz CT molecular complexity index is 523. The van der Waals surface area contributed by atoms with Crippen LogP contribution in [0, 0.1) is 5.92 Å². The van der Waals surface area contributed by atoms with Crippen molar-refractivity contribution in [3.8, 4) is 0 Å². The summed E-state index contributed by atoms with van der Waals surface area (Å²) in [6.45, 7) is 4.87. The fourth-order valence-corrected chi connectivity index (χ4v) is 4.24.